The third-order valence-corrected chi connectivity index (χ3v) is 2.96. The normalized spacial score (nSPS) is 10.1. The third-order valence-electron chi connectivity index (χ3n) is 2.96. The number of rotatable bonds is 4. The summed E-state index contributed by atoms with van der Waals surface area (Å²) < 4.78 is 1.15. The highest BCUT2D eigenvalue weighted by molar-refractivity contribution is 6.01. The Morgan fingerprint density at radius 1 is 1.29 bits per heavy atom. The van der Waals surface area contributed by atoms with Gasteiger partial charge in [0.15, 0.2) is 0 Å². The van der Waals surface area contributed by atoms with Gasteiger partial charge in [-0.2, -0.15) is 0 Å². The van der Waals surface area contributed by atoms with Crippen LogP contribution in [0.3, 0.4) is 0 Å². The molecule has 0 atom stereocenters. The minimum absolute atomic E-state index is 0.0203. The molecule has 0 aliphatic heterocycles. The number of carboxylic acids is 1. The molecule has 1 N–H and O–H groups in total. The molecule has 0 spiro atoms. The van der Waals surface area contributed by atoms with Crippen molar-refractivity contribution in [1.82, 2.24) is 9.55 Å². The van der Waals surface area contributed by atoms with Crippen LogP contribution in [-0.4, -0.2) is 33.6 Å². The fourth-order valence-electron chi connectivity index (χ4n) is 1.84. The van der Waals surface area contributed by atoms with Crippen molar-refractivity contribution in [2.24, 2.45) is 0 Å². The summed E-state index contributed by atoms with van der Waals surface area (Å²) in [6.45, 7) is -0.211. The second-order valence-electron chi connectivity index (χ2n) is 4.31. The summed E-state index contributed by atoms with van der Waals surface area (Å²) >= 11 is 0. The molecular weight excluding hydrogens is 274 g/mol. The maximum Gasteiger partial charge on any atom is 0.347 e. The van der Waals surface area contributed by atoms with Crippen molar-refractivity contribution in [1.29, 1.82) is 0 Å². The van der Waals surface area contributed by atoms with Crippen LogP contribution < -0.4 is 10.6 Å². The van der Waals surface area contributed by atoms with E-state index in [1.54, 1.807) is 18.2 Å². The zero-order valence-electron chi connectivity index (χ0n) is 11.3. The summed E-state index contributed by atoms with van der Waals surface area (Å²) in [5, 5.41) is 9.13. The van der Waals surface area contributed by atoms with Gasteiger partial charge in [-0.25, -0.2) is 14.6 Å². The lowest BCUT2D eigenvalue weighted by atomic mass is 10.1. The predicted molar refractivity (Wildman–Crippen MR) is 75.3 cm³/mol. The van der Waals surface area contributed by atoms with Crippen LogP contribution in [-0.2, 0) is 11.3 Å². The quantitative estimate of drug-likeness (QED) is 0.889. The number of para-hydroxylation sites is 1. The SMILES string of the molecule is CN(C(=O)Cn1cccnc1=O)c1ccccc1C(=O)O. The topological polar surface area (TPSA) is 92.5 Å². The molecule has 0 unspecified atom stereocenters. The molecule has 108 valence electrons. The molecule has 0 fully saturated rings. The van der Waals surface area contributed by atoms with Crippen LogP contribution in [0.5, 0.6) is 0 Å². The zero-order valence-corrected chi connectivity index (χ0v) is 11.3. The van der Waals surface area contributed by atoms with Crippen LogP contribution in [0, 0.1) is 0 Å². The van der Waals surface area contributed by atoms with Crippen LogP contribution in [0.2, 0.25) is 0 Å². The first-order valence-electron chi connectivity index (χ1n) is 6.11. The van der Waals surface area contributed by atoms with E-state index in [2.05, 4.69) is 4.98 Å². The minimum Gasteiger partial charge on any atom is -0.478 e. The second kappa shape index (κ2) is 6.00. The number of anilines is 1. The number of carbonyl (C=O) groups is 2. The van der Waals surface area contributed by atoms with E-state index in [1.165, 1.54) is 36.5 Å². The van der Waals surface area contributed by atoms with E-state index in [9.17, 15) is 14.4 Å². The van der Waals surface area contributed by atoms with Gasteiger partial charge in [-0.15, -0.1) is 0 Å². The maximum atomic E-state index is 12.2. The van der Waals surface area contributed by atoms with Gasteiger partial charge in [0.25, 0.3) is 0 Å². The van der Waals surface area contributed by atoms with Gasteiger partial charge in [0.2, 0.25) is 5.91 Å². The van der Waals surface area contributed by atoms with E-state index >= 15 is 0 Å². The molecular formula is C14H13N3O4. The number of aromatic carboxylic acids is 1. The van der Waals surface area contributed by atoms with E-state index in [0.29, 0.717) is 0 Å². The number of carboxylic acid groups (broad SMARTS) is 1. The monoisotopic (exact) mass is 287 g/mol. The van der Waals surface area contributed by atoms with Crippen molar-refractivity contribution in [3.63, 3.8) is 0 Å². The van der Waals surface area contributed by atoms with Gasteiger partial charge >= 0.3 is 11.7 Å². The number of amides is 1. The first-order chi connectivity index (χ1) is 10.0. The first-order valence-corrected chi connectivity index (χ1v) is 6.11. The molecule has 2 aromatic rings. The highest BCUT2D eigenvalue weighted by Crippen LogP contribution is 2.19. The Hall–Kier alpha value is -2.96. The minimum atomic E-state index is -1.12. The Balaban J connectivity index is 2.26. The molecule has 0 saturated heterocycles. The van der Waals surface area contributed by atoms with Crippen LogP contribution in [0.25, 0.3) is 0 Å². The molecule has 1 aromatic carbocycles. The number of hydrogen-bond donors (Lipinski definition) is 1. The van der Waals surface area contributed by atoms with E-state index in [-0.39, 0.29) is 17.8 Å². The molecule has 7 nitrogen and oxygen atoms in total. The number of carbonyl (C=O) groups excluding carboxylic acids is 1. The van der Waals surface area contributed by atoms with Crippen molar-refractivity contribution < 1.29 is 14.7 Å². The smallest absolute Gasteiger partial charge is 0.347 e. The lowest BCUT2D eigenvalue weighted by Crippen LogP contribution is -2.35. The number of benzene rings is 1. The average molecular weight is 287 g/mol. The molecule has 0 aliphatic rings. The highest BCUT2D eigenvalue weighted by Gasteiger charge is 2.18. The van der Waals surface area contributed by atoms with E-state index in [0.717, 1.165) is 4.57 Å². The number of likely N-dealkylation sites (N-methyl/N-ethyl adjacent to an activating group) is 1. The second-order valence-corrected chi connectivity index (χ2v) is 4.31. The Labute approximate surface area is 120 Å². The van der Waals surface area contributed by atoms with Crippen molar-refractivity contribution in [2.45, 2.75) is 6.54 Å². The number of aromatic nitrogens is 2. The largest absolute Gasteiger partial charge is 0.478 e. The standard InChI is InChI=1S/C14H13N3O4/c1-16(11-6-3-2-5-10(11)13(19)20)12(18)9-17-8-4-7-15-14(17)21/h2-8H,9H2,1H3,(H,19,20). The van der Waals surface area contributed by atoms with Crippen molar-refractivity contribution in [2.75, 3.05) is 11.9 Å². The van der Waals surface area contributed by atoms with Crippen LogP contribution in [0.4, 0.5) is 5.69 Å². The van der Waals surface area contributed by atoms with Gasteiger partial charge in [0.1, 0.15) is 6.54 Å². The molecule has 0 radical (unpaired) electrons. The van der Waals surface area contributed by atoms with Crippen LogP contribution >= 0.6 is 0 Å². The third kappa shape index (κ3) is 3.14. The lowest BCUT2D eigenvalue weighted by molar-refractivity contribution is -0.118. The molecule has 0 aliphatic carbocycles. The van der Waals surface area contributed by atoms with Crippen LogP contribution in [0.15, 0.2) is 47.5 Å². The fourth-order valence-corrected chi connectivity index (χ4v) is 1.84. The number of nitrogens with zero attached hydrogens (tertiary/aromatic N) is 3. The van der Waals surface area contributed by atoms with Crippen molar-refractivity contribution in [3.8, 4) is 0 Å². The molecule has 0 bridgehead atoms. The molecule has 1 amide bonds. The summed E-state index contributed by atoms with van der Waals surface area (Å²) in [6, 6.07) is 7.71. The van der Waals surface area contributed by atoms with E-state index in [4.69, 9.17) is 5.11 Å². The fraction of sp³-hybridized carbons (Fsp3) is 0.143. The zero-order chi connectivity index (χ0) is 15.4. The maximum absolute atomic E-state index is 12.2. The van der Waals surface area contributed by atoms with Gasteiger partial charge < -0.3 is 10.0 Å². The first kappa shape index (κ1) is 14.4. The number of hydrogen-bond acceptors (Lipinski definition) is 4. The molecule has 0 saturated carbocycles. The van der Waals surface area contributed by atoms with Crippen molar-refractivity contribution in [3.05, 3.63) is 58.8 Å². The molecule has 21 heavy (non-hydrogen) atoms. The Kier molecular flexibility index (Phi) is 4.13. The Morgan fingerprint density at radius 2 is 2.00 bits per heavy atom. The highest BCUT2D eigenvalue weighted by atomic mass is 16.4. The molecule has 2 rings (SSSR count). The summed E-state index contributed by atoms with van der Waals surface area (Å²) in [6.07, 6.45) is 2.79. The summed E-state index contributed by atoms with van der Waals surface area (Å²) in [5.41, 5.74) is -0.246. The van der Waals surface area contributed by atoms with E-state index < -0.39 is 17.6 Å². The predicted octanol–water partition coefficient (Wildman–Crippen LogP) is 0.604. The Morgan fingerprint density at radius 3 is 2.67 bits per heavy atom. The lowest BCUT2D eigenvalue weighted by Gasteiger charge is -2.19. The van der Waals surface area contributed by atoms with Gasteiger partial charge in [0, 0.05) is 19.4 Å². The molecule has 1 aromatic heterocycles. The summed E-state index contributed by atoms with van der Waals surface area (Å²) in [4.78, 5) is 39.6. The summed E-state index contributed by atoms with van der Waals surface area (Å²) in [7, 11) is 1.46. The average Bonchev–Trinajstić information content (AvgIpc) is 2.48. The summed E-state index contributed by atoms with van der Waals surface area (Å²) in [5.74, 6) is -1.54. The van der Waals surface area contributed by atoms with Gasteiger partial charge in [0.05, 0.1) is 11.3 Å². The van der Waals surface area contributed by atoms with Gasteiger partial charge in [-0.1, -0.05) is 12.1 Å². The Bertz CT molecular complexity index is 739. The van der Waals surface area contributed by atoms with Gasteiger partial charge in [-0.05, 0) is 18.2 Å². The van der Waals surface area contributed by atoms with Crippen molar-refractivity contribution >= 4 is 17.6 Å². The van der Waals surface area contributed by atoms with Gasteiger partial charge in [-0.3, -0.25) is 9.36 Å². The van der Waals surface area contributed by atoms with E-state index in [1.807, 2.05) is 0 Å². The van der Waals surface area contributed by atoms with Crippen LogP contribution in [0.1, 0.15) is 10.4 Å². The molecule has 7 heteroatoms. The molecule has 1 heterocycles.